The fraction of sp³-hybridized carbons (Fsp3) is 0.429. The smallest absolute Gasteiger partial charge is 0.378 e. The Morgan fingerprint density at radius 2 is 2.08 bits per heavy atom. The monoisotopic (exact) mass is 179 g/mol. The van der Waals surface area contributed by atoms with Crippen molar-refractivity contribution in [1.82, 2.24) is 4.57 Å². The van der Waals surface area contributed by atoms with Crippen molar-refractivity contribution < 1.29 is 18.3 Å². The van der Waals surface area contributed by atoms with Crippen LogP contribution in [0.2, 0.25) is 0 Å². The zero-order valence-electron chi connectivity index (χ0n) is 6.34. The Morgan fingerprint density at radius 3 is 2.42 bits per heavy atom. The number of aliphatic hydroxyl groups is 1. The van der Waals surface area contributed by atoms with Crippen molar-refractivity contribution in [3.63, 3.8) is 0 Å². The molecule has 0 bridgehead atoms. The van der Waals surface area contributed by atoms with Crippen LogP contribution < -0.4 is 0 Å². The number of nitrogens with zero attached hydrogens (tertiary/aromatic N) is 1. The molecule has 1 aromatic rings. The second-order valence-corrected chi connectivity index (χ2v) is 2.49. The van der Waals surface area contributed by atoms with Crippen LogP contribution in [0, 0.1) is 0 Å². The molecule has 1 N–H and O–H groups in total. The first-order valence-corrected chi connectivity index (χ1v) is 3.29. The molecule has 0 amide bonds. The van der Waals surface area contributed by atoms with Crippen LogP contribution in [0.5, 0.6) is 0 Å². The summed E-state index contributed by atoms with van der Waals surface area (Å²) in [5.74, 6) is 0. The molecule has 2 nitrogen and oxygen atoms in total. The van der Waals surface area contributed by atoms with Crippen LogP contribution in [0.1, 0.15) is 11.8 Å². The maximum Gasteiger partial charge on any atom is 0.420 e. The maximum absolute atomic E-state index is 11.9. The molecule has 0 aromatic carbocycles. The van der Waals surface area contributed by atoms with Gasteiger partial charge in [-0.05, 0) is 12.1 Å². The van der Waals surface area contributed by atoms with E-state index in [2.05, 4.69) is 0 Å². The summed E-state index contributed by atoms with van der Waals surface area (Å²) >= 11 is 0. The van der Waals surface area contributed by atoms with Crippen LogP contribution in [0.3, 0.4) is 0 Å². The summed E-state index contributed by atoms with van der Waals surface area (Å²) < 4.78 is 37.0. The van der Waals surface area contributed by atoms with E-state index >= 15 is 0 Å². The maximum atomic E-state index is 11.9. The molecule has 0 unspecified atom stereocenters. The Labute approximate surface area is 67.2 Å². The largest absolute Gasteiger partial charge is 0.420 e. The van der Waals surface area contributed by atoms with Gasteiger partial charge in [0.15, 0.2) is 6.10 Å². The Bertz CT molecular complexity index is 266. The third-order valence-electron chi connectivity index (χ3n) is 1.57. The summed E-state index contributed by atoms with van der Waals surface area (Å²) in [6.45, 7) is 0. The van der Waals surface area contributed by atoms with Crippen molar-refractivity contribution in [1.29, 1.82) is 0 Å². The third-order valence-corrected chi connectivity index (χ3v) is 1.57. The fourth-order valence-electron chi connectivity index (χ4n) is 0.926. The van der Waals surface area contributed by atoms with Gasteiger partial charge in [-0.2, -0.15) is 13.2 Å². The van der Waals surface area contributed by atoms with Crippen molar-refractivity contribution in [2.24, 2.45) is 7.05 Å². The molecule has 5 heteroatoms. The average molecular weight is 179 g/mol. The Hall–Kier alpha value is -0.970. The van der Waals surface area contributed by atoms with E-state index in [9.17, 15) is 13.2 Å². The van der Waals surface area contributed by atoms with E-state index in [1.807, 2.05) is 0 Å². The molecule has 0 saturated carbocycles. The molecule has 0 spiro atoms. The molecule has 1 heterocycles. The van der Waals surface area contributed by atoms with E-state index < -0.39 is 12.3 Å². The fourth-order valence-corrected chi connectivity index (χ4v) is 0.926. The Kier molecular flexibility index (Phi) is 2.14. The van der Waals surface area contributed by atoms with E-state index in [4.69, 9.17) is 5.11 Å². The molecular formula is C7H8F3NO. The zero-order valence-corrected chi connectivity index (χ0v) is 6.34. The van der Waals surface area contributed by atoms with Crippen LogP contribution in [0.15, 0.2) is 18.3 Å². The number of aliphatic hydroxyl groups excluding tert-OH is 1. The molecule has 1 aromatic heterocycles. The minimum atomic E-state index is -4.59. The van der Waals surface area contributed by atoms with E-state index in [0.717, 1.165) is 0 Å². The molecule has 0 saturated heterocycles. The standard InChI is InChI=1S/C7H8F3NO/c1-11-4-2-3-5(11)6(12)7(8,9)10/h2-4,6,12H,1H3/t6-/m1/s1. The number of halogens is 3. The van der Waals surface area contributed by atoms with Gasteiger partial charge in [0.05, 0.1) is 5.69 Å². The minimum absolute atomic E-state index is 0.150. The SMILES string of the molecule is Cn1cccc1[C@@H](O)C(F)(F)F. The van der Waals surface area contributed by atoms with Crippen LogP contribution in [-0.4, -0.2) is 15.8 Å². The van der Waals surface area contributed by atoms with Crippen molar-refractivity contribution in [2.45, 2.75) is 12.3 Å². The van der Waals surface area contributed by atoms with Gasteiger partial charge < -0.3 is 9.67 Å². The summed E-state index contributed by atoms with van der Waals surface area (Å²) in [4.78, 5) is 0. The van der Waals surface area contributed by atoms with Crippen molar-refractivity contribution in [3.8, 4) is 0 Å². The number of aryl methyl sites for hydroxylation is 1. The van der Waals surface area contributed by atoms with Gasteiger partial charge in [-0.1, -0.05) is 0 Å². The predicted octanol–water partition coefficient (Wildman–Crippen LogP) is 1.62. The zero-order chi connectivity index (χ0) is 9.35. The first-order valence-electron chi connectivity index (χ1n) is 3.29. The number of rotatable bonds is 1. The number of aromatic nitrogens is 1. The van der Waals surface area contributed by atoms with Gasteiger partial charge in [0.1, 0.15) is 0 Å². The van der Waals surface area contributed by atoms with Crippen LogP contribution >= 0.6 is 0 Å². The van der Waals surface area contributed by atoms with Crippen LogP contribution in [-0.2, 0) is 7.05 Å². The lowest BCUT2D eigenvalue weighted by molar-refractivity contribution is -0.208. The first kappa shape index (κ1) is 9.12. The lowest BCUT2D eigenvalue weighted by Crippen LogP contribution is -2.22. The van der Waals surface area contributed by atoms with Gasteiger partial charge in [-0.3, -0.25) is 0 Å². The highest BCUT2D eigenvalue weighted by molar-refractivity contribution is 5.11. The van der Waals surface area contributed by atoms with E-state index in [-0.39, 0.29) is 5.69 Å². The van der Waals surface area contributed by atoms with Gasteiger partial charge in [-0.25, -0.2) is 0 Å². The van der Waals surface area contributed by atoms with Crippen molar-refractivity contribution in [3.05, 3.63) is 24.0 Å². The molecule has 0 aliphatic heterocycles. The minimum Gasteiger partial charge on any atom is -0.378 e. The van der Waals surface area contributed by atoms with Crippen molar-refractivity contribution >= 4 is 0 Å². The molecule has 0 aliphatic carbocycles. The summed E-state index contributed by atoms with van der Waals surface area (Å²) in [6.07, 6.45) is -5.53. The van der Waals surface area contributed by atoms with Gasteiger partial charge in [0.2, 0.25) is 0 Å². The first-order chi connectivity index (χ1) is 5.43. The second-order valence-electron chi connectivity index (χ2n) is 2.49. The third kappa shape index (κ3) is 1.61. The molecule has 68 valence electrons. The normalized spacial score (nSPS) is 14.8. The van der Waals surface area contributed by atoms with Gasteiger partial charge in [-0.15, -0.1) is 0 Å². The molecule has 0 radical (unpaired) electrons. The van der Waals surface area contributed by atoms with Crippen molar-refractivity contribution in [2.75, 3.05) is 0 Å². The summed E-state index contributed by atoms with van der Waals surface area (Å²) in [7, 11) is 1.45. The highest BCUT2D eigenvalue weighted by atomic mass is 19.4. The Morgan fingerprint density at radius 1 is 1.50 bits per heavy atom. The molecule has 0 aliphatic rings. The van der Waals surface area contributed by atoms with Crippen LogP contribution in [0.4, 0.5) is 13.2 Å². The highest BCUT2D eigenvalue weighted by Gasteiger charge is 2.40. The summed E-state index contributed by atoms with van der Waals surface area (Å²) in [5, 5.41) is 8.78. The van der Waals surface area contributed by atoms with Crippen LogP contribution in [0.25, 0.3) is 0 Å². The Balaban J connectivity index is 2.92. The molecule has 1 atom stereocenters. The summed E-state index contributed by atoms with van der Waals surface area (Å²) in [5.41, 5.74) is -0.150. The van der Waals surface area contributed by atoms with E-state index in [1.165, 1.54) is 29.9 Å². The molecular weight excluding hydrogens is 171 g/mol. The number of alkyl halides is 3. The molecule has 12 heavy (non-hydrogen) atoms. The second kappa shape index (κ2) is 2.82. The van der Waals surface area contributed by atoms with E-state index in [1.54, 1.807) is 0 Å². The number of hydrogen-bond acceptors (Lipinski definition) is 1. The summed E-state index contributed by atoms with van der Waals surface area (Å²) in [6, 6.07) is 2.68. The number of hydrogen-bond donors (Lipinski definition) is 1. The molecule has 1 rings (SSSR count). The quantitative estimate of drug-likeness (QED) is 0.696. The lowest BCUT2D eigenvalue weighted by atomic mass is 10.2. The van der Waals surface area contributed by atoms with Gasteiger partial charge in [0, 0.05) is 13.2 Å². The topological polar surface area (TPSA) is 25.2 Å². The van der Waals surface area contributed by atoms with E-state index in [0.29, 0.717) is 0 Å². The predicted molar refractivity (Wildman–Crippen MR) is 36.4 cm³/mol. The highest BCUT2D eigenvalue weighted by Crippen LogP contribution is 2.31. The van der Waals surface area contributed by atoms with Gasteiger partial charge >= 0.3 is 6.18 Å². The molecule has 0 fully saturated rings. The van der Waals surface area contributed by atoms with Gasteiger partial charge in [0.25, 0.3) is 0 Å². The average Bonchev–Trinajstić information content (AvgIpc) is 2.31. The lowest BCUT2D eigenvalue weighted by Gasteiger charge is -2.14.